The molecular weight excluding hydrogens is 232 g/mol. The monoisotopic (exact) mass is 258 g/mol. The van der Waals surface area contributed by atoms with E-state index in [2.05, 4.69) is 11.9 Å². The molecule has 106 valence electrons. The molecule has 2 unspecified atom stereocenters. The van der Waals surface area contributed by atoms with Crippen molar-refractivity contribution in [3.63, 3.8) is 0 Å². The van der Waals surface area contributed by atoms with E-state index in [1.54, 1.807) is 0 Å². The number of nitrogens with two attached hydrogens (primary N) is 1. The van der Waals surface area contributed by atoms with Crippen molar-refractivity contribution in [1.82, 2.24) is 4.90 Å². The summed E-state index contributed by atoms with van der Waals surface area (Å²) in [5.74, 6) is -0.361. The van der Waals surface area contributed by atoms with Crippen LogP contribution in [0.1, 0.15) is 26.2 Å². The van der Waals surface area contributed by atoms with E-state index in [4.69, 9.17) is 19.9 Å². The van der Waals surface area contributed by atoms with Gasteiger partial charge in [-0.15, -0.1) is 0 Å². The molecule has 0 bridgehead atoms. The lowest BCUT2D eigenvalue weighted by molar-refractivity contribution is -0.191. The van der Waals surface area contributed by atoms with Crippen molar-refractivity contribution >= 4 is 0 Å². The predicted molar refractivity (Wildman–Crippen MR) is 69.4 cm³/mol. The second-order valence-corrected chi connectivity index (χ2v) is 5.26. The van der Waals surface area contributed by atoms with Gasteiger partial charge < -0.3 is 19.9 Å². The average molecular weight is 258 g/mol. The molecule has 2 N–H and O–H groups in total. The van der Waals surface area contributed by atoms with Crippen molar-refractivity contribution in [1.29, 1.82) is 0 Å². The van der Waals surface area contributed by atoms with Crippen molar-refractivity contribution < 1.29 is 14.2 Å². The largest absolute Gasteiger partial charge is 0.380 e. The van der Waals surface area contributed by atoms with E-state index in [1.807, 2.05) is 6.92 Å². The van der Waals surface area contributed by atoms with Crippen LogP contribution in [0.4, 0.5) is 0 Å². The van der Waals surface area contributed by atoms with E-state index in [0.717, 1.165) is 39.0 Å². The highest BCUT2D eigenvalue weighted by Crippen LogP contribution is 2.36. The van der Waals surface area contributed by atoms with Gasteiger partial charge in [-0.05, 0) is 20.4 Å². The van der Waals surface area contributed by atoms with E-state index < -0.39 is 0 Å². The first-order valence-corrected chi connectivity index (χ1v) is 6.98. The van der Waals surface area contributed by atoms with Crippen molar-refractivity contribution in [2.45, 2.75) is 44.1 Å². The van der Waals surface area contributed by atoms with E-state index >= 15 is 0 Å². The summed E-state index contributed by atoms with van der Waals surface area (Å²) in [4.78, 5) is 2.28. The molecule has 5 heteroatoms. The van der Waals surface area contributed by atoms with Crippen LogP contribution in [0.15, 0.2) is 0 Å². The summed E-state index contributed by atoms with van der Waals surface area (Å²) >= 11 is 0. The van der Waals surface area contributed by atoms with Gasteiger partial charge in [-0.25, -0.2) is 0 Å². The highest BCUT2D eigenvalue weighted by Gasteiger charge is 2.45. The van der Waals surface area contributed by atoms with Crippen LogP contribution in [0.5, 0.6) is 0 Å². The van der Waals surface area contributed by atoms with Crippen molar-refractivity contribution in [2.75, 3.05) is 40.0 Å². The SMILES string of the molecule is CCOCCN(C)C1CC2(CCC1N)OCCO2. The molecule has 5 nitrogen and oxygen atoms in total. The molecule has 0 radical (unpaired) electrons. The van der Waals surface area contributed by atoms with E-state index in [1.165, 1.54) is 0 Å². The topological polar surface area (TPSA) is 57.0 Å². The van der Waals surface area contributed by atoms with Crippen LogP contribution in [0, 0.1) is 0 Å². The molecular formula is C13H26N2O3. The summed E-state index contributed by atoms with van der Waals surface area (Å²) in [6.45, 7) is 5.87. The first kappa shape index (κ1) is 14.2. The first-order valence-electron chi connectivity index (χ1n) is 6.98. The molecule has 1 heterocycles. The Bertz CT molecular complexity index is 257. The van der Waals surface area contributed by atoms with Gasteiger partial charge in [0, 0.05) is 38.1 Å². The van der Waals surface area contributed by atoms with Crippen LogP contribution < -0.4 is 5.73 Å². The lowest BCUT2D eigenvalue weighted by Crippen LogP contribution is -2.55. The Hall–Kier alpha value is -0.200. The predicted octanol–water partition coefficient (Wildman–Crippen LogP) is 0.578. The van der Waals surface area contributed by atoms with Crippen LogP contribution in [0.2, 0.25) is 0 Å². The summed E-state index contributed by atoms with van der Waals surface area (Å²) in [6, 6.07) is 0.521. The first-order chi connectivity index (χ1) is 8.67. The molecule has 0 aromatic heterocycles. The minimum Gasteiger partial charge on any atom is -0.380 e. The number of hydrogen-bond donors (Lipinski definition) is 1. The van der Waals surface area contributed by atoms with E-state index in [-0.39, 0.29) is 11.8 Å². The Labute approximate surface area is 110 Å². The molecule has 2 aliphatic rings. The lowest BCUT2D eigenvalue weighted by Gasteiger charge is -2.43. The smallest absolute Gasteiger partial charge is 0.170 e. The van der Waals surface area contributed by atoms with Gasteiger partial charge in [0.25, 0.3) is 0 Å². The fourth-order valence-corrected chi connectivity index (χ4v) is 2.91. The third-order valence-corrected chi connectivity index (χ3v) is 4.05. The molecule has 1 saturated heterocycles. The van der Waals surface area contributed by atoms with Crippen LogP contribution in [-0.4, -0.2) is 62.8 Å². The zero-order chi connectivity index (χ0) is 13.0. The van der Waals surface area contributed by atoms with Crippen molar-refractivity contribution in [3.05, 3.63) is 0 Å². The molecule has 2 fully saturated rings. The van der Waals surface area contributed by atoms with Gasteiger partial charge in [-0.2, -0.15) is 0 Å². The molecule has 1 saturated carbocycles. The lowest BCUT2D eigenvalue weighted by atomic mass is 9.85. The van der Waals surface area contributed by atoms with Gasteiger partial charge in [0.15, 0.2) is 5.79 Å². The van der Waals surface area contributed by atoms with Crippen LogP contribution in [-0.2, 0) is 14.2 Å². The zero-order valence-corrected chi connectivity index (χ0v) is 11.6. The molecule has 1 spiro atoms. The number of likely N-dealkylation sites (N-methyl/N-ethyl adjacent to an activating group) is 1. The third kappa shape index (κ3) is 3.22. The number of rotatable bonds is 5. The fourth-order valence-electron chi connectivity index (χ4n) is 2.91. The molecule has 2 rings (SSSR count). The van der Waals surface area contributed by atoms with E-state index in [0.29, 0.717) is 19.3 Å². The summed E-state index contributed by atoms with van der Waals surface area (Å²) in [5.41, 5.74) is 6.24. The van der Waals surface area contributed by atoms with Crippen molar-refractivity contribution in [2.24, 2.45) is 5.73 Å². The molecule has 18 heavy (non-hydrogen) atoms. The average Bonchev–Trinajstić information content (AvgIpc) is 2.81. The minimum atomic E-state index is -0.361. The summed E-state index contributed by atoms with van der Waals surface area (Å²) in [7, 11) is 2.11. The summed E-state index contributed by atoms with van der Waals surface area (Å²) < 4.78 is 17.0. The molecule has 1 aliphatic heterocycles. The molecule has 0 amide bonds. The number of hydrogen-bond acceptors (Lipinski definition) is 5. The maximum absolute atomic E-state index is 6.24. The summed E-state index contributed by atoms with van der Waals surface area (Å²) in [5, 5.41) is 0. The van der Waals surface area contributed by atoms with Crippen LogP contribution in [0.3, 0.4) is 0 Å². The standard InChI is InChI=1S/C13H26N2O3/c1-3-16-7-6-15(2)12-10-13(5-4-11(12)14)17-8-9-18-13/h11-12H,3-10,14H2,1-2H3. The van der Waals surface area contributed by atoms with Crippen LogP contribution >= 0.6 is 0 Å². The molecule has 0 aromatic rings. The Balaban J connectivity index is 1.88. The van der Waals surface area contributed by atoms with Gasteiger partial charge >= 0.3 is 0 Å². The second kappa shape index (κ2) is 6.30. The number of ether oxygens (including phenoxy) is 3. The quantitative estimate of drug-likeness (QED) is 0.731. The molecule has 2 atom stereocenters. The Kier molecular flexibility index (Phi) is 4.98. The molecule has 1 aliphatic carbocycles. The van der Waals surface area contributed by atoms with Gasteiger partial charge in [-0.1, -0.05) is 0 Å². The Morgan fingerprint density at radius 1 is 1.39 bits per heavy atom. The summed E-state index contributed by atoms with van der Waals surface area (Å²) in [6.07, 6.45) is 2.75. The molecule has 0 aromatic carbocycles. The van der Waals surface area contributed by atoms with Gasteiger partial charge in [0.2, 0.25) is 0 Å². The van der Waals surface area contributed by atoms with Gasteiger partial charge in [0.1, 0.15) is 0 Å². The maximum atomic E-state index is 6.24. The number of nitrogens with zero attached hydrogens (tertiary/aromatic N) is 1. The Morgan fingerprint density at radius 2 is 2.11 bits per heavy atom. The highest BCUT2D eigenvalue weighted by atomic mass is 16.7. The minimum absolute atomic E-state index is 0.204. The fraction of sp³-hybridized carbons (Fsp3) is 1.00. The zero-order valence-electron chi connectivity index (χ0n) is 11.6. The van der Waals surface area contributed by atoms with Crippen LogP contribution in [0.25, 0.3) is 0 Å². The Morgan fingerprint density at radius 3 is 2.78 bits per heavy atom. The second-order valence-electron chi connectivity index (χ2n) is 5.26. The maximum Gasteiger partial charge on any atom is 0.170 e. The third-order valence-electron chi connectivity index (χ3n) is 4.05. The van der Waals surface area contributed by atoms with Crippen molar-refractivity contribution in [3.8, 4) is 0 Å². The van der Waals surface area contributed by atoms with Gasteiger partial charge in [-0.3, -0.25) is 4.90 Å². The normalized spacial score (nSPS) is 31.3. The highest BCUT2D eigenvalue weighted by molar-refractivity contribution is 4.94. The van der Waals surface area contributed by atoms with E-state index in [9.17, 15) is 0 Å². The van der Waals surface area contributed by atoms with Gasteiger partial charge in [0.05, 0.1) is 19.8 Å².